The number of unbranched alkanes of at least 4 members (excludes halogenated alkanes) is 1. The van der Waals surface area contributed by atoms with Gasteiger partial charge in [-0.1, -0.05) is 13.3 Å². The molecule has 18 heavy (non-hydrogen) atoms. The lowest BCUT2D eigenvalue weighted by atomic mass is 9.97. The molecule has 0 bridgehead atoms. The molecule has 3 aliphatic heterocycles. The van der Waals surface area contributed by atoms with Gasteiger partial charge in [-0.25, -0.2) is 0 Å². The molecule has 0 N–H and O–H groups in total. The summed E-state index contributed by atoms with van der Waals surface area (Å²) in [6.07, 6.45) is 2.83. The Hall–Kier alpha value is -0.200. The molecule has 3 fully saturated rings. The average Bonchev–Trinajstić information content (AvgIpc) is 3.26. The van der Waals surface area contributed by atoms with Crippen molar-refractivity contribution >= 4 is 0 Å². The predicted molar refractivity (Wildman–Crippen MR) is 63.6 cm³/mol. The average molecular weight is 258 g/mol. The molecule has 0 radical (unpaired) electrons. The highest BCUT2D eigenvalue weighted by Gasteiger charge is 2.59. The third-order valence-electron chi connectivity index (χ3n) is 3.68. The Kier molecular flexibility index (Phi) is 3.86. The van der Waals surface area contributed by atoms with Crippen LogP contribution >= 0.6 is 0 Å². The van der Waals surface area contributed by atoms with Crippen LogP contribution in [0.4, 0.5) is 0 Å². The third kappa shape index (κ3) is 2.86. The van der Waals surface area contributed by atoms with Crippen molar-refractivity contribution in [3.8, 4) is 0 Å². The molecule has 5 heteroatoms. The van der Waals surface area contributed by atoms with Gasteiger partial charge in [0.1, 0.15) is 23.9 Å². The maximum atomic E-state index is 6.03. The first-order valence-electron chi connectivity index (χ1n) is 6.90. The van der Waals surface area contributed by atoms with Crippen molar-refractivity contribution in [2.75, 3.05) is 39.6 Å². The van der Waals surface area contributed by atoms with Crippen LogP contribution in [0.2, 0.25) is 0 Å². The van der Waals surface area contributed by atoms with Crippen molar-refractivity contribution in [1.82, 2.24) is 0 Å². The Morgan fingerprint density at radius 3 is 3.00 bits per heavy atom. The van der Waals surface area contributed by atoms with Crippen LogP contribution < -0.4 is 0 Å². The fraction of sp³-hybridized carbons (Fsp3) is 1.00. The molecule has 0 saturated carbocycles. The smallest absolute Gasteiger partial charge is 0.143 e. The lowest BCUT2D eigenvalue weighted by Gasteiger charge is -2.34. The van der Waals surface area contributed by atoms with Gasteiger partial charge >= 0.3 is 0 Å². The molecule has 0 aromatic carbocycles. The Labute approximate surface area is 108 Å². The van der Waals surface area contributed by atoms with E-state index >= 15 is 0 Å². The molecule has 3 heterocycles. The first-order chi connectivity index (χ1) is 8.84. The minimum atomic E-state index is -0.414. The van der Waals surface area contributed by atoms with E-state index in [-0.39, 0.29) is 18.3 Å². The molecule has 0 amide bonds. The van der Waals surface area contributed by atoms with Crippen LogP contribution in [0.5, 0.6) is 0 Å². The Morgan fingerprint density at radius 2 is 2.22 bits per heavy atom. The molecular weight excluding hydrogens is 236 g/mol. The van der Waals surface area contributed by atoms with Crippen LogP contribution in [-0.2, 0) is 23.7 Å². The normalized spacial score (nSPS) is 41.5. The number of hydrogen-bond acceptors (Lipinski definition) is 5. The van der Waals surface area contributed by atoms with Crippen LogP contribution in [0.3, 0.4) is 0 Å². The molecule has 3 rings (SSSR count). The fourth-order valence-corrected chi connectivity index (χ4v) is 2.37. The number of ether oxygens (including phenoxy) is 5. The van der Waals surface area contributed by atoms with Crippen LogP contribution in [0.15, 0.2) is 0 Å². The predicted octanol–water partition coefficient (Wildman–Crippen LogP) is 0.755. The highest BCUT2D eigenvalue weighted by atomic mass is 16.7. The van der Waals surface area contributed by atoms with Gasteiger partial charge in [0, 0.05) is 6.61 Å². The van der Waals surface area contributed by atoms with Crippen molar-refractivity contribution in [1.29, 1.82) is 0 Å². The van der Waals surface area contributed by atoms with Crippen molar-refractivity contribution in [2.45, 2.75) is 43.7 Å². The van der Waals surface area contributed by atoms with Gasteiger partial charge in [0.2, 0.25) is 0 Å². The van der Waals surface area contributed by atoms with Gasteiger partial charge < -0.3 is 23.7 Å². The van der Waals surface area contributed by atoms with E-state index in [1.54, 1.807) is 0 Å². The van der Waals surface area contributed by atoms with Gasteiger partial charge in [0.05, 0.1) is 33.0 Å². The summed E-state index contributed by atoms with van der Waals surface area (Å²) >= 11 is 0. The molecule has 3 aliphatic rings. The number of epoxide rings is 2. The summed E-state index contributed by atoms with van der Waals surface area (Å²) in [5.74, 6) is 0. The van der Waals surface area contributed by atoms with E-state index in [0.29, 0.717) is 26.4 Å². The molecule has 4 unspecified atom stereocenters. The summed E-state index contributed by atoms with van der Waals surface area (Å²) in [5.41, 5.74) is -0.414. The minimum absolute atomic E-state index is 0.145. The van der Waals surface area contributed by atoms with Gasteiger partial charge in [-0.2, -0.15) is 0 Å². The summed E-state index contributed by atoms with van der Waals surface area (Å²) < 4.78 is 28.2. The van der Waals surface area contributed by atoms with Gasteiger partial charge in [0.15, 0.2) is 0 Å². The SMILES string of the molecule is CCCCOCC1(OCC2CO2)COCC2OC21. The summed E-state index contributed by atoms with van der Waals surface area (Å²) in [5, 5.41) is 0. The monoisotopic (exact) mass is 258 g/mol. The molecule has 104 valence electrons. The van der Waals surface area contributed by atoms with Crippen LogP contribution in [0.1, 0.15) is 19.8 Å². The maximum absolute atomic E-state index is 6.03. The van der Waals surface area contributed by atoms with Crippen LogP contribution in [0, 0.1) is 0 Å². The zero-order valence-electron chi connectivity index (χ0n) is 10.9. The first kappa shape index (κ1) is 12.8. The molecular formula is C13H22O5. The molecule has 4 atom stereocenters. The highest BCUT2D eigenvalue weighted by Crippen LogP contribution is 2.40. The third-order valence-corrected chi connectivity index (χ3v) is 3.68. The van der Waals surface area contributed by atoms with Crippen LogP contribution in [-0.4, -0.2) is 63.6 Å². The second-order valence-corrected chi connectivity index (χ2v) is 5.35. The largest absolute Gasteiger partial charge is 0.378 e. The van der Waals surface area contributed by atoms with E-state index in [1.165, 1.54) is 0 Å². The van der Waals surface area contributed by atoms with E-state index in [4.69, 9.17) is 23.7 Å². The number of fused-ring (bicyclic) bond motifs is 1. The summed E-state index contributed by atoms with van der Waals surface area (Å²) in [4.78, 5) is 0. The Bertz CT molecular complexity index is 281. The van der Waals surface area contributed by atoms with Gasteiger partial charge in [-0.05, 0) is 6.42 Å². The van der Waals surface area contributed by atoms with Crippen molar-refractivity contribution < 1.29 is 23.7 Å². The molecule has 0 spiro atoms. The number of rotatable bonds is 8. The van der Waals surface area contributed by atoms with Gasteiger partial charge in [-0.15, -0.1) is 0 Å². The van der Waals surface area contributed by atoms with E-state index in [1.807, 2.05) is 0 Å². The van der Waals surface area contributed by atoms with E-state index in [9.17, 15) is 0 Å². The summed E-state index contributed by atoms with van der Waals surface area (Å²) in [7, 11) is 0. The summed E-state index contributed by atoms with van der Waals surface area (Å²) in [6.45, 7) is 6.16. The zero-order valence-corrected chi connectivity index (χ0v) is 10.9. The lowest BCUT2D eigenvalue weighted by Crippen LogP contribution is -2.52. The molecule has 5 nitrogen and oxygen atoms in total. The molecule has 3 saturated heterocycles. The second-order valence-electron chi connectivity index (χ2n) is 5.35. The van der Waals surface area contributed by atoms with Crippen molar-refractivity contribution in [3.63, 3.8) is 0 Å². The van der Waals surface area contributed by atoms with E-state index in [0.717, 1.165) is 26.1 Å². The van der Waals surface area contributed by atoms with Gasteiger partial charge in [-0.3, -0.25) is 0 Å². The number of hydrogen-bond donors (Lipinski definition) is 0. The quantitative estimate of drug-likeness (QED) is 0.475. The molecule has 0 aromatic rings. The molecule has 0 aromatic heterocycles. The standard InChI is InChI=1S/C13H22O5/c1-2-3-4-14-8-13(17-6-10-5-16-10)9-15-7-11-12(13)18-11/h10-12H,2-9H2,1H3. The van der Waals surface area contributed by atoms with E-state index < -0.39 is 5.60 Å². The first-order valence-corrected chi connectivity index (χ1v) is 6.90. The summed E-state index contributed by atoms with van der Waals surface area (Å²) in [6, 6.07) is 0. The van der Waals surface area contributed by atoms with Crippen LogP contribution in [0.25, 0.3) is 0 Å². The molecule has 0 aliphatic carbocycles. The van der Waals surface area contributed by atoms with Gasteiger partial charge in [0.25, 0.3) is 0 Å². The maximum Gasteiger partial charge on any atom is 0.143 e. The Morgan fingerprint density at radius 1 is 1.33 bits per heavy atom. The van der Waals surface area contributed by atoms with Crippen molar-refractivity contribution in [2.24, 2.45) is 0 Å². The minimum Gasteiger partial charge on any atom is -0.378 e. The second kappa shape index (κ2) is 5.43. The van der Waals surface area contributed by atoms with Crippen molar-refractivity contribution in [3.05, 3.63) is 0 Å². The highest BCUT2D eigenvalue weighted by molar-refractivity contribution is 5.06. The lowest BCUT2D eigenvalue weighted by molar-refractivity contribution is -0.156. The Balaban J connectivity index is 1.52. The topological polar surface area (TPSA) is 52.8 Å². The van der Waals surface area contributed by atoms with E-state index in [2.05, 4.69) is 6.92 Å². The fourth-order valence-electron chi connectivity index (χ4n) is 2.37. The zero-order chi connectivity index (χ0) is 12.4.